The Morgan fingerprint density at radius 3 is 2.25 bits per heavy atom. The molecule has 2 aromatic carbocycles. The third kappa shape index (κ3) is 5.15. The average Bonchev–Trinajstić information content (AvgIpc) is 2.77. The van der Waals surface area contributed by atoms with Gasteiger partial charge >= 0.3 is 6.18 Å². The van der Waals surface area contributed by atoms with Gasteiger partial charge in [-0.15, -0.1) is 0 Å². The van der Waals surface area contributed by atoms with E-state index in [9.17, 15) is 18.3 Å². The SMILES string of the molecule is Nc1ccc(CNc2nc(NCC(F)(F)F)c3nc(-c4ccc(O)cc4)ccc3n2)cc1. The van der Waals surface area contributed by atoms with Crippen LogP contribution >= 0.6 is 0 Å². The van der Waals surface area contributed by atoms with E-state index in [0.717, 1.165) is 5.56 Å². The summed E-state index contributed by atoms with van der Waals surface area (Å²) < 4.78 is 38.6. The molecule has 4 rings (SSSR count). The molecule has 7 nitrogen and oxygen atoms in total. The zero-order valence-electron chi connectivity index (χ0n) is 16.7. The summed E-state index contributed by atoms with van der Waals surface area (Å²) >= 11 is 0. The molecule has 0 bridgehead atoms. The predicted octanol–water partition coefficient (Wildman–Crippen LogP) is 4.57. The summed E-state index contributed by atoms with van der Waals surface area (Å²) in [5, 5.41) is 14.8. The minimum atomic E-state index is -4.43. The van der Waals surface area contributed by atoms with Gasteiger partial charge < -0.3 is 21.5 Å². The predicted molar refractivity (Wildman–Crippen MR) is 117 cm³/mol. The van der Waals surface area contributed by atoms with Crippen molar-refractivity contribution in [3.63, 3.8) is 0 Å². The summed E-state index contributed by atoms with van der Waals surface area (Å²) in [5.41, 5.74) is 9.01. The van der Waals surface area contributed by atoms with Crippen LogP contribution in [0.5, 0.6) is 5.75 Å². The summed E-state index contributed by atoms with van der Waals surface area (Å²) in [6, 6.07) is 16.9. The first-order chi connectivity index (χ1) is 15.3. The molecule has 0 amide bonds. The highest BCUT2D eigenvalue weighted by Crippen LogP contribution is 2.27. The number of hydrogen-bond acceptors (Lipinski definition) is 7. The molecule has 0 fully saturated rings. The van der Waals surface area contributed by atoms with Crippen molar-refractivity contribution in [1.82, 2.24) is 15.0 Å². The van der Waals surface area contributed by atoms with Crippen LogP contribution in [0.25, 0.3) is 22.3 Å². The highest BCUT2D eigenvalue weighted by Gasteiger charge is 2.27. The van der Waals surface area contributed by atoms with E-state index in [-0.39, 0.29) is 23.0 Å². The molecule has 0 unspecified atom stereocenters. The molecular weight excluding hydrogens is 421 g/mol. The molecule has 0 saturated heterocycles. The van der Waals surface area contributed by atoms with Crippen molar-refractivity contribution in [2.75, 3.05) is 22.9 Å². The molecule has 0 radical (unpaired) electrons. The van der Waals surface area contributed by atoms with Gasteiger partial charge in [-0.25, -0.2) is 9.97 Å². The van der Waals surface area contributed by atoms with Gasteiger partial charge in [-0.05, 0) is 54.1 Å². The summed E-state index contributed by atoms with van der Waals surface area (Å²) in [4.78, 5) is 13.1. The molecular formula is C22H19F3N6O. The van der Waals surface area contributed by atoms with Crippen molar-refractivity contribution in [3.05, 3.63) is 66.2 Å². The maximum absolute atomic E-state index is 12.9. The Hall–Kier alpha value is -4.08. The van der Waals surface area contributed by atoms with E-state index in [1.54, 1.807) is 36.4 Å². The monoisotopic (exact) mass is 440 g/mol. The Bertz CT molecular complexity index is 1230. The van der Waals surface area contributed by atoms with Crippen LogP contribution in [0.15, 0.2) is 60.7 Å². The van der Waals surface area contributed by atoms with Crippen molar-refractivity contribution in [1.29, 1.82) is 0 Å². The number of aromatic nitrogens is 3. The maximum Gasteiger partial charge on any atom is 0.405 e. The molecule has 5 N–H and O–H groups in total. The lowest BCUT2D eigenvalue weighted by Crippen LogP contribution is -2.22. The number of aromatic hydroxyl groups is 1. The van der Waals surface area contributed by atoms with Crippen LogP contribution in [0.2, 0.25) is 0 Å². The van der Waals surface area contributed by atoms with Crippen LogP contribution < -0.4 is 16.4 Å². The van der Waals surface area contributed by atoms with Crippen LogP contribution in [0.3, 0.4) is 0 Å². The van der Waals surface area contributed by atoms with Crippen LogP contribution in [-0.2, 0) is 6.54 Å². The maximum atomic E-state index is 12.9. The zero-order valence-corrected chi connectivity index (χ0v) is 16.7. The van der Waals surface area contributed by atoms with Crippen molar-refractivity contribution in [3.8, 4) is 17.0 Å². The number of nitrogens with two attached hydrogens (primary N) is 1. The number of nitrogen functional groups attached to an aromatic ring is 1. The fraction of sp³-hybridized carbons (Fsp3) is 0.136. The number of phenols is 1. The third-order valence-electron chi connectivity index (χ3n) is 4.59. The number of rotatable bonds is 6. The number of benzene rings is 2. The van der Waals surface area contributed by atoms with Gasteiger partial charge in [-0.2, -0.15) is 18.2 Å². The fourth-order valence-electron chi connectivity index (χ4n) is 3.01. The first-order valence-corrected chi connectivity index (χ1v) is 9.64. The van der Waals surface area contributed by atoms with Gasteiger partial charge in [0.15, 0.2) is 5.82 Å². The minimum Gasteiger partial charge on any atom is -0.508 e. The summed E-state index contributed by atoms with van der Waals surface area (Å²) in [5.74, 6) is 0.230. The molecule has 4 aromatic rings. The van der Waals surface area contributed by atoms with Gasteiger partial charge in [0, 0.05) is 17.8 Å². The number of nitrogens with zero attached hydrogens (tertiary/aromatic N) is 3. The highest BCUT2D eigenvalue weighted by atomic mass is 19.4. The second-order valence-corrected chi connectivity index (χ2v) is 7.07. The van der Waals surface area contributed by atoms with Crippen LogP contribution in [0.1, 0.15) is 5.56 Å². The lowest BCUT2D eigenvalue weighted by molar-refractivity contribution is -0.115. The zero-order chi connectivity index (χ0) is 22.7. The van der Waals surface area contributed by atoms with Crippen molar-refractivity contribution >= 4 is 28.5 Å². The molecule has 0 aliphatic rings. The van der Waals surface area contributed by atoms with E-state index >= 15 is 0 Å². The topological polar surface area (TPSA) is 109 Å². The molecule has 0 aliphatic heterocycles. The largest absolute Gasteiger partial charge is 0.508 e. The van der Waals surface area contributed by atoms with Gasteiger partial charge in [-0.1, -0.05) is 12.1 Å². The first-order valence-electron chi connectivity index (χ1n) is 9.64. The van der Waals surface area contributed by atoms with E-state index in [4.69, 9.17) is 5.73 Å². The highest BCUT2D eigenvalue weighted by molar-refractivity contribution is 5.88. The Morgan fingerprint density at radius 1 is 0.844 bits per heavy atom. The minimum absolute atomic E-state index is 0.0345. The number of alkyl halides is 3. The van der Waals surface area contributed by atoms with Crippen molar-refractivity contribution in [2.45, 2.75) is 12.7 Å². The average molecular weight is 440 g/mol. The number of pyridine rings is 1. The molecule has 2 heterocycles. The van der Waals surface area contributed by atoms with Gasteiger partial charge in [0.1, 0.15) is 17.8 Å². The van der Waals surface area contributed by atoms with E-state index in [1.165, 1.54) is 12.1 Å². The fourth-order valence-corrected chi connectivity index (χ4v) is 3.01. The third-order valence-corrected chi connectivity index (χ3v) is 4.59. The van der Waals surface area contributed by atoms with Gasteiger partial charge in [0.2, 0.25) is 5.95 Å². The van der Waals surface area contributed by atoms with Crippen LogP contribution in [-0.4, -0.2) is 32.8 Å². The van der Waals surface area contributed by atoms with Gasteiger partial charge in [0.25, 0.3) is 0 Å². The summed E-state index contributed by atoms with van der Waals surface area (Å²) in [7, 11) is 0. The van der Waals surface area contributed by atoms with Gasteiger partial charge in [0.05, 0.1) is 11.2 Å². The molecule has 164 valence electrons. The van der Waals surface area contributed by atoms with E-state index < -0.39 is 12.7 Å². The summed E-state index contributed by atoms with van der Waals surface area (Å²) in [6.07, 6.45) is -4.43. The smallest absolute Gasteiger partial charge is 0.405 e. The Balaban J connectivity index is 1.68. The van der Waals surface area contributed by atoms with Crippen molar-refractivity contribution < 1.29 is 18.3 Å². The molecule has 0 saturated carbocycles. The Morgan fingerprint density at radius 2 is 1.56 bits per heavy atom. The van der Waals surface area contributed by atoms with Crippen LogP contribution in [0, 0.1) is 0 Å². The van der Waals surface area contributed by atoms with E-state index in [2.05, 4.69) is 25.6 Å². The van der Waals surface area contributed by atoms with Crippen LogP contribution in [0.4, 0.5) is 30.6 Å². The lowest BCUT2D eigenvalue weighted by Gasteiger charge is -2.13. The normalized spacial score (nSPS) is 11.5. The number of hydrogen-bond donors (Lipinski definition) is 4. The molecule has 0 atom stereocenters. The Labute approximate surface area is 181 Å². The quantitative estimate of drug-likeness (QED) is 0.325. The second kappa shape index (κ2) is 8.58. The first kappa shape index (κ1) is 21.2. The summed E-state index contributed by atoms with van der Waals surface area (Å²) in [6.45, 7) is -0.898. The number of halogens is 3. The number of phenolic OH excluding ortho intramolecular Hbond substituents is 1. The lowest BCUT2D eigenvalue weighted by atomic mass is 10.1. The van der Waals surface area contributed by atoms with E-state index in [1.807, 2.05) is 12.1 Å². The Kier molecular flexibility index (Phi) is 5.67. The standard InChI is InChI=1S/C22H19F3N6O/c23-22(24,25)12-28-20-19-18(10-9-17(29-19)14-3-7-16(32)8-4-14)30-21(31-20)27-11-13-1-5-15(26)6-2-13/h1-10,32H,11-12,26H2,(H2,27,28,30,31). The van der Waals surface area contributed by atoms with E-state index in [0.29, 0.717) is 29.0 Å². The number of anilines is 3. The number of nitrogens with one attached hydrogen (secondary N) is 2. The molecule has 0 aliphatic carbocycles. The molecule has 32 heavy (non-hydrogen) atoms. The number of fused-ring (bicyclic) bond motifs is 1. The molecule has 0 spiro atoms. The second-order valence-electron chi connectivity index (χ2n) is 7.07. The molecule has 2 aromatic heterocycles. The molecule has 10 heteroatoms. The van der Waals surface area contributed by atoms with Gasteiger partial charge in [-0.3, -0.25) is 0 Å². The van der Waals surface area contributed by atoms with Crippen molar-refractivity contribution in [2.24, 2.45) is 0 Å².